The summed E-state index contributed by atoms with van der Waals surface area (Å²) in [6, 6.07) is 19.2. The van der Waals surface area contributed by atoms with Crippen LogP contribution in [0.25, 0.3) is 16.7 Å². The van der Waals surface area contributed by atoms with E-state index < -0.39 is 0 Å². The molecule has 0 fully saturated rings. The third kappa shape index (κ3) is 3.33. The van der Waals surface area contributed by atoms with E-state index in [1.165, 1.54) is 22.3 Å². The molecule has 0 heterocycles. The molecule has 0 aliphatic carbocycles. The third-order valence-electron chi connectivity index (χ3n) is 2.83. The fraction of sp³-hybridized carbons (Fsp3) is 0.125. The quantitative estimate of drug-likeness (QED) is 0.625. The summed E-state index contributed by atoms with van der Waals surface area (Å²) in [7, 11) is 0. The molecular weight excluding hydrogens is 352 g/mol. The van der Waals surface area contributed by atoms with Gasteiger partial charge in [0.2, 0.25) is 0 Å². The lowest BCUT2D eigenvalue weighted by Crippen LogP contribution is -1.87. The number of halogens is 2. The van der Waals surface area contributed by atoms with Gasteiger partial charge in [0.1, 0.15) is 0 Å². The number of hydrogen-bond acceptors (Lipinski definition) is 0. The van der Waals surface area contributed by atoms with Crippen molar-refractivity contribution < 1.29 is 0 Å². The Morgan fingerprint density at radius 1 is 0.833 bits per heavy atom. The van der Waals surface area contributed by atoms with Crippen molar-refractivity contribution in [3.05, 3.63) is 66.2 Å². The van der Waals surface area contributed by atoms with E-state index in [4.69, 9.17) is 0 Å². The molecule has 0 radical (unpaired) electrons. The first-order valence-electron chi connectivity index (χ1n) is 5.82. The van der Waals surface area contributed by atoms with Gasteiger partial charge in [-0.3, -0.25) is 0 Å². The summed E-state index contributed by atoms with van der Waals surface area (Å²) >= 11 is 6.97. The van der Waals surface area contributed by atoms with Crippen LogP contribution in [0.3, 0.4) is 0 Å². The maximum atomic E-state index is 3.53. The van der Waals surface area contributed by atoms with Crippen LogP contribution in [0.1, 0.15) is 5.56 Å². The number of benzene rings is 2. The number of alkyl halides is 2. The van der Waals surface area contributed by atoms with Gasteiger partial charge < -0.3 is 0 Å². The van der Waals surface area contributed by atoms with Gasteiger partial charge in [-0.2, -0.15) is 0 Å². The van der Waals surface area contributed by atoms with Gasteiger partial charge in [0, 0.05) is 10.7 Å². The molecule has 0 spiro atoms. The fourth-order valence-electron chi connectivity index (χ4n) is 1.85. The predicted octanol–water partition coefficient (Wildman–Crippen LogP) is 5.53. The van der Waals surface area contributed by atoms with Crippen molar-refractivity contribution in [1.82, 2.24) is 0 Å². The molecule has 0 saturated carbocycles. The van der Waals surface area contributed by atoms with Crippen LogP contribution in [0.4, 0.5) is 0 Å². The molecule has 0 saturated heterocycles. The molecule has 2 aromatic rings. The Balaban J connectivity index is 2.28. The summed E-state index contributed by atoms with van der Waals surface area (Å²) in [5.74, 6) is 0. The average molecular weight is 366 g/mol. The predicted molar refractivity (Wildman–Crippen MR) is 87.4 cm³/mol. The number of allylic oxidation sites excluding steroid dienone is 2. The maximum Gasteiger partial charge on any atom is 0.0286 e. The van der Waals surface area contributed by atoms with Gasteiger partial charge in [0.05, 0.1) is 0 Å². The third-order valence-corrected chi connectivity index (χ3v) is 3.76. The highest BCUT2D eigenvalue weighted by Gasteiger charge is 2.01. The topological polar surface area (TPSA) is 0 Å². The van der Waals surface area contributed by atoms with Crippen LogP contribution in [0.15, 0.2) is 60.7 Å². The molecule has 0 bridgehead atoms. The summed E-state index contributed by atoms with van der Waals surface area (Å²) in [5, 5.41) is 1.76. The van der Waals surface area contributed by atoms with Crippen molar-refractivity contribution in [2.75, 3.05) is 10.7 Å². The van der Waals surface area contributed by atoms with Gasteiger partial charge >= 0.3 is 0 Å². The minimum atomic E-state index is 0.878. The van der Waals surface area contributed by atoms with Crippen molar-refractivity contribution in [1.29, 1.82) is 0 Å². The van der Waals surface area contributed by atoms with Crippen molar-refractivity contribution >= 4 is 37.4 Å². The lowest BCUT2D eigenvalue weighted by molar-refractivity contribution is 1.55. The second kappa shape index (κ2) is 6.91. The molecule has 2 aromatic carbocycles. The van der Waals surface area contributed by atoms with Gasteiger partial charge in [-0.05, 0) is 22.3 Å². The Hall–Kier alpha value is -0.860. The summed E-state index contributed by atoms with van der Waals surface area (Å²) in [5.41, 5.74) is 5.10. The van der Waals surface area contributed by atoms with E-state index >= 15 is 0 Å². The Morgan fingerprint density at radius 3 is 2.00 bits per heavy atom. The highest BCUT2D eigenvalue weighted by atomic mass is 79.9. The molecular formula is C16H14Br2. The Morgan fingerprint density at radius 2 is 1.44 bits per heavy atom. The molecule has 18 heavy (non-hydrogen) atoms. The van der Waals surface area contributed by atoms with Crippen molar-refractivity contribution in [2.24, 2.45) is 0 Å². The Labute approximate surface area is 125 Å². The fourth-order valence-corrected chi connectivity index (χ4v) is 2.79. The van der Waals surface area contributed by atoms with Crippen LogP contribution < -0.4 is 0 Å². The van der Waals surface area contributed by atoms with E-state index in [1.54, 1.807) is 0 Å². The van der Waals surface area contributed by atoms with Gasteiger partial charge in [-0.1, -0.05) is 92.5 Å². The van der Waals surface area contributed by atoms with Crippen LogP contribution in [-0.2, 0) is 0 Å². The minimum Gasteiger partial charge on any atom is -0.0883 e. The molecule has 0 N–H and O–H groups in total. The van der Waals surface area contributed by atoms with E-state index in [-0.39, 0.29) is 0 Å². The molecule has 0 aromatic heterocycles. The minimum absolute atomic E-state index is 0.878. The first-order valence-corrected chi connectivity index (χ1v) is 8.06. The van der Waals surface area contributed by atoms with Crippen LogP contribution in [0.2, 0.25) is 0 Å². The molecule has 92 valence electrons. The number of hydrogen-bond donors (Lipinski definition) is 0. The van der Waals surface area contributed by atoms with Crippen LogP contribution in [0.5, 0.6) is 0 Å². The van der Waals surface area contributed by atoms with Crippen LogP contribution in [0, 0.1) is 0 Å². The Bertz CT molecular complexity index is 513. The second-order valence-electron chi connectivity index (χ2n) is 3.96. The van der Waals surface area contributed by atoms with Gasteiger partial charge in [0.15, 0.2) is 0 Å². The monoisotopic (exact) mass is 364 g/mol. The zero-order chi connectivity index (χ0) is 12.8. The second-order valence-corrected chi connectivity index (χ2v) is 5.17. The van der Waals surface area contributed by atoms with E-state index in [0.717, 1.165) is 10.7 Å². The van der Waals surface area contributed by atoms with Gasteiger partial charge in [0.25, 0.3) is 0 Å². The SMILES string of the molecule is BrCC=C(CBr)c1ccc(-c2ccccc2)cc1. The Kier molecular flexibility index (Phi) is 5.21. The van der Waals surface area contributed by atoms with Gasteiger partial charge in [-0.25, -0.2) is 0 Å². The smallest absolute Gasteiger partial charge is 0.0286 e. The summed E-state index contributed by atoms with van der Waals surface area (Å²) in [4.78, 5) is 0. The summed E-state index contributed by atoms with van der Waals surface area (Å²) in [6.07, 6.45) is 2.19. The number of rotatable bonds is 4. The normalized spacial score (nSPS) is 11.6. The molecule has 0 atom stereocenters. The first kappa shape index (κ1) is 13.6. The molecule has 0 aliphatic rings. The van der Waals surface area contributed by atoms with E-state index in [1.807, 2.05) is 6.07 Å². The first-order chi connectivity index (χ1) is 8.85. The lowest BCUT2D eigenvalue weighted by Gasteiger charge is -2.06. The summed E-state index contributed by atoms with van der Waals surface area (Å²) in [6.45, 7) is 0. The van der Waals surface area contributed by atoms with Gasteiger partial charge in [-0.15, -0.1) is 0 Å². The van der Waals surface area contributed by atoms with E-state index in [0.29, 0.717) is 0 Å². The van der Waals surface area contributed by atoms with Crippen molar-refractivity contribution in [2.45, 2.75) is 0 Å². The van der Waals surface area contributed by atoms with Crippen molar-refractivity contribution in [3.63, 3.8) is 0 Å². The molecule has 0 nitrogen and oxygen atoms in total. The maximum absolute atomic E-state index is 3.53. The summed E-state index contributed by atoms with van der Waals surface area (Å²) < 4.78 is 0. The standard InChI is InChI=1S/C16H14Br2/c17-11-10-16(12-18)15-8-6-14(7-9-15)13-4-2-1-3-5-13/h1-10H,11-12H2. The van der Waals surface area contributed by atoms with E-state index in [2.05, 4.69) is 86.5 Å². The highest BCUT2D eigenvalue weighted by Crippen LogP contribution is 2.23. The zero-order valence-electron chi connectivity index (χ0n) is 9.94. The van der Waals surface area contributed by atoms with Crippen LogP contribution in [-0.4, -0.2) is 10.7 Å². The molecule has 0 amide bonds. The van der Waals surface area contributed by atoms with E-state index in [9.17, 15) is 0 Å². The highest BCUT2D eigenvalue weighted by molar-refractivity contribution is 9.09. The largest absolute Gasteiger partial charge is 0.0883 e. The lowest BCUT2D eigenvalue weighted by atomic mass is 10.0. The molecule has 2 heteroatoms. The molecule has 0 aliphatic heterocycles. The molecule has 2 rings (SSSR count). The van der Waals surface area contributed by atoms with Crippen molar-refractivity contribution in [3.8, 4) is 11.1 Å². The average Bonchev–Trinajstić information content (AvgIpc) is 2.46. The molecule has 0 unspecified atom stereocenters. The zero-order valence-corrected chi connectivity index (χ0v) is 13.1. The van der Waals surface area contributed by atoms with Crippen LogP contribution >= 0.6 is 31.9 Å².